The number of aryl methyl sites for hydroxylation is 2. The lowest BCUT2D eigenvalue weighted by Gasteiger charge is -2.32. The van der Waals surface area contributed by atoms with Crippen molar-refractivity contribution in [3.63, 3.8) is 0 Å². The highest BCUT2D eigenvalue weighted by molar-refractivity contribution is 5.27. The summed E-state index contributed by atoms with van der Waals surface area (Å²) in [6.07, 6.45) is 1.40. The topological polar surface area (TPSA) is 59.3 Å². The van der Waals surface area contributed by atoms with Gasteiger partial charge in [0.15, 0.2) is 0 Å². The molecule has 0 saturated carbocycles. The summed E-state index contributed by atoms with van der Waals surface area (Å²) in [5, 5.41) is 18.7. The Balaban J connectivity index is 1.62. The normalized spacial score (nSPS) is 17.0. The van der Waals surface area contributed by atoms with E-state index in [2.05, 4.69) is 55.0 Å². The number of aliphatic hydroxyl groups is 1. The van der Waals surface area contributed by atoms with E-state index < -0.39 is 5.60 Å². The molecule has 5 nitrogen and oxygen atoms in total. The lowest BCUT2D eigenvalue weighted by atomic mass is 9.94. The highest BCUT2D eigenvalue weighted by Gasteiger charge is 2.29. The first kappa shape index (κ1) is 18.1. The van der Waals surface area contributed by atoms with E-state index in [0.29, 0.717) is 32.6 Å². The maximum atomic E-state index is 10.5. The molecule has 3 rings (SSSR count). The smallest absolute Gasteiger partial charge is 0.0815 e. The predicted molar refractivity (Wildman–Crippen MR) is 98.7 cm³/mol. The Morgan fingerprint density at radius 2 is 1.84 bits per heavy atom. The monoisotopic (exact) mass is 343 g/mol. The molecular weight excluding hydrogens is 314 g/mol. The van der Waals surface area contributed by atoms with E-state index in [4.69, 9.17) is 9.84 Å². The van der Waals surface area contributed by atoms with Gasteiger partial charge in [0, 0.05) is 50.4 Å². The Kier molecular flexibility index (Phi) is 5.57. The zero-order valence-electron chi connectivity index (χ0n) is 15.5. The van der Waals surface area contributed by atoms with Crippen molar-refractivity contribution < 1.29 is 9.84 Å². The van der Waals surface area contributed by atoms with Gasteiger partial charge in [-0.05, 0) is 26.3 Å². The van der Waals surface area contributed by atoms with Crippen molar-refractivity contribution >= 4 is 0 Å². The van der Waals surface area contributed by atoms with Crippen LogP contribution in [0.15, 0.2) is 24.3 Å². The van der Waals surface area contributed by atoms with Crippen molar-refractivity contribution in [1.29, 1.82) is 0 Å². The summed E-state index contributed by atoms with van der Waals surface area (Å²) in [4.78, 5) is 0. The summed E-state index contributed by atoms with van der Waals surface area (Å²) in [5.74, 6) is 0. The van der Waals surface area contributed by atoms with Crippen LogP contribution < -0.4 is 5.32 Å². The molecule has 136 valence electrons. The van der Waals surface area contributed by atoms with Crippen molar-refractivity contribution in [3.8, 4) is 0 Å². The lowest BCUT2D eigenvalue weighted by Crippen LogP contribution is -2.44. The largest absolute Gasteiger partial charge is 0.388 e. The van der Waals surface area contributed by atoms with E-state index in [-0.39, 0.29) is 0 Å². The fraction of sp³-hybridized carbons (Fsp3) is 0.550. The average molecular weight is 343 g/mol. The van der Waals surface area contributed by atoms with Gasteiger partial charge in [-0.25, -0.2) is 0 Å². The van der Waals surface area contributed by atoms with Gasteiger partial charge in [-0.15, -0.1) is 0 Å². The third kappa shape index (κ3) is 4.48. The minimum Gasteiger partial charge on any atom is -0.388 e. The number of hydrogen-bond acceptors (Lipinski definition) is 4. The van der Waals surface area contributed by atoms with Gasteiger partial charge in [-0.3, -0.25) is 4.68 Å². The molecule has 1 aromatic carbocycles. The Morgan fingerprint density at radius 3 is 2.52 bits per heavy atom. The van der Waals surface area contributed by atoms with Crippen molar-refractivity contribution in [2.45, 2.75) is 52.3 Å². The second-order valence-corrected chi connectivity index (χ2v) is 7.23. The number of aromatic nitrogens is 2. The molecule has 0 radical (unpaired) electrons. The molecule has 2 N–H and O–H groups in total. The van der Waals surface area contributed by atoms with Gasteiger partial charge in [0.2, 0.25) is 0 Å². The number of ether oxygens (including phenoxy) is 1. The molecule has 2 aromatic rings. The first-order valence-electron chi connectivity index (χ1n) is 9.06. The third-order valence-electron chi connectivity index (χ3n) is 5.16. The molecule has 1 fully saturated rings. The Bertz CT molecular complexity index is 700. The average Bonchev–Trinajstić information content (AvgIpc) is 2.85. The zero-order chi connectivity index (χ0) is 17.9. The van der Waals surface area contributed by atoms with Crippen LogP contribution in [0.1, 0.15) is 40.9 Å². The van der Waals surface area contributed by atoms with Gasteiger partial charge in [0.25, 0.3) is 0 Å². The zero-order valence-corrected chi connectivity index (χ0v) is 15.5. The van der Waals surface area contributed by atoms with E-state index in [1.807, 2.05) is 0 Å². The van der Waals surface area contributed by atoms with Crippen molar-refractivity contribution in [3.05, 3.63) is 52.3 Å². The summed E-state index contributed by atoms with van der Waals surface area (Å²) < 4.78 is 7.40. The minimum atomic E-state index is -0.641. The first-order chi connectivity index (χ1) is 12.0. The van der Waals surface area contributed by atoms with Crippen molar-refractivity contribution in [2.75, 3.05) is 19.8 Å². The quantitative estimate of drug-likeness (QED) is 0.846. The van der Waals surface area contributed by atoms with Crippen molar-refractivity contribution in [2.24, 2.45) is 0 Å². The molecule has 1 aromatic heterocycles. The molecule has 2 heterocycles. The van der Waals surface area contributed by atoms with E-state index in [9.17, 15) is 5.11 Å². The van der Waals surface area contributed by atoms with Crippen LogP contribution in [-0.4, -0.2) is 40.2 Å². The predicted octanol–water partition coefficient (Wildman–Crippen LogP) is 2.49. The minimum absolute atomic E-state index is 0.596. The summed E-state index contributed by atoms with van der Waals surface area (Å²) in [5.41, 5.74) is 5.35. The van der Waals surface area contributed by atoms with Crippen LogP contribution in [0.2, 0.25) is 0 Å². The fourth-order valence-electron chi connectivity index (χ4n) is 3.36. The van der Waals surface area contributed by atoms with E-state index in [1.165, 1.54) is 22.4 Å². The molecule has 25 heavy (non-hydrogen) atoms. The van der Waals surface area contributed by atoms with Gasteiger partial charge in [-0.1, -0.05) is 29.8 Å². The van der Waals surface area contributed by atoms with Crippen LogP contribution >= 0.6 is 0 Å². The van der Waals surface area contributed by atoms with Crippen LogP contribution in [0.4, 0.5) is 0 Å². The van der Waals surface area contributed by atoms with Crippen LogP contribution in [-0.2, 0) is 17.8 Å². The summed E-state index contributed by atoms with van der Waals surface area (Å²) >= 11 is 0. The number of nitrogens with one attached hydrogen (secondary N) is 1. The number of nitrogens with zero attached hydrogens (tertiary/aromatic N) is 2. The maximum Gasteiger partial charge on any atom is 0.0815 e. The standard InChI is InChI=1S/C20H29N3O2/c1-15-4-6-18(7-5-15)13-23-17(3)19(16(2)22-23)12-21-14-20(24)8-10-25-11-9-20/h4-7,21,24H,8-14H2,1-3H3. The summed E-state index contributed by atoms with van der Waals surface area (Å²) in [6.45, 7) is 9.67. The Hall–Kier alpha value is -1.69. The molecule has 5 heteroatoms. The van der Waals surface area contributed by atoms with Crippen LogP contribution in [0, 0.1) is 20.8 Å². The van der Waals surface area contributed by atoms with Crippen LogP contribution in [0.5, 0.6) is 0 Å². The molecule has 0 aliphatic carbocycles. The number of hydrogen-bond donors (Lipinski definition) is 2. The van der Waals surface area contributed by atoms with Gasteiger partial charge in [0.05, 0.1) is 17.8 Å². The second-order valence-electron chi connectivity index (χ2n) is 7.23. The Morgan fingerprint density at radius 1 is 1.16 bits per heavy atom. The van der Waals surface area contributed by atoms with Crippen molar-refractivity contribution in [1.82, 2.24) is 15.1 Å². The molecule has 0 unspecified atom stereocenters. The molecule has 0 amide bonds. The molecule has 1 saturated heterocycles. The second kappa shape index (κ2) is 7.68. The fourth-order valence-corrected chi connectivity index (χ4v) is 3.36. The number of rotatable bonds is 6. The van der Waals surface area contributed by atoms with E-state index in [0.717, 1.165) is 18.8 Å². The summed E-state index contributed by atoms with van der Waals surface area (Å²) in [6, 6.07) is 8.59. The molecular formula is C20H29N3O2. The third-order valence-corrected chi connectivity index (χ3v) is 5.16. The lowest BCUT2D eigenvalue weighted by molar-refractivity contribution is -0.0617. The molecule has 0 atom stereocenters. The van der Waals surface area contributed by atoms with Gasteiger partial charge < -0.3 is 15.2 Å². The molecule has 0 spiro atoms. The maximum absolute atomic E-state index is 10.5. The highest BCUT2D eigenvalue weighted by Crippen LogP contribution is 2.20. The van der Waals surface area contributed by atoms with E-state index >= 15 is 0 Å². The highest BCUT2D eigenvalue weighted by atomic mass is 16.5. The van der Waals surface area contributed by atoms with Gasteiger partial charge in [-0.2, -0.15) is 5.10 Å². The molecule has 1 aliphatic heterocycles. The number of benzene rings is 1. The summed E-state index contributed by atoms with van der Waals surface area (Å²) in [7, 11) is 0. The van der Waals surface area contributed by atoms with E-state index in [1.54, 1.807) is 0 Å². The molecule has 0 bridgehead atoms. The first-order valence-corrected chi connectivity index (χ1v) is 9.06. The Labute approximate surface area is 150 Å². The van der Waals surface area contributed by atoms with Gasteiger partial charge >= 0.3 is 0 Å². The SMILES string of the molecule is Cc1ccc(Cn2nc(C)c(CNCC3(O)CCOCC3)c2C)cc1. The van der Waals surface area contributed by atoms with Gasteiger partial charge in [0.1, 0.15) is 0 Å². The van der Waals surface area contributed by atoms with Crippen LogP contribution in [0.25, 0.3) is 0 Å². The van der Waals surface area contributed by atoms with Crippen LogP contribution in [0.3, 0.4) is 0 Å². The molecule has 1 aliphatic rings.